The Morgan fingerprint density at radius 3 is 2.58 bits per heavy atom. The van der Waals surface area contributed by atoms with Crippen molar-refractivity contribution in [3.8, 4) is 5.75 Å². The van der Waals surface area contributed by atoms with Crippen LogP contribution in [0.4, 0.5) is 4.39 Å². The number of sulfonamides is 1. The number of rotatable bonds is 5. The maximum atomic E-state index is 13.4. The predicted octanol–water partition coefficient (Wildman–Crippen LogP) is 1.35. The summed E-state index contributed by atoms with van der Waals surface area (Å²) in [5.74, 6) is -2.25. The molecule has 6 nitrogen and oxygen atoms in total. The number of aliphatic carboxylic acids is 1. The molecule has 0 saturated heterocycles. The van der Waals surface area contributed by atoms with E-state index in [1.54, 1.807) is 0 Å². The first kappa shape index (κ1) is 15.9. The molecule has 0 fully saturated rings. The number of methoxy groups -OCH3 is 1. The highest BCUT2D eigenvalue weighted by Gasteiger charge is 2.26. The van der Waals surface area contributed by atoms with Crippen LogP contribution in [0, 0.1) is 5.82 Å². The van der Waals surface area contributed by atoms with Crippen LogP contribution in [-0.2, 0) is 14.8 Å². The summed E-state index contributed by atoms with van der Waals surface area (Å²) >= 11 is 2.90. The number of carboxylic acid groups (broad SMARTS) is 1. The van der Waals surface area contributed by atoms with E-state index in [9.17, 15) is 17.6 Å². The molecule has 0 radical (unpaired) electrons. The Hall–Kier alpha value is -1.19. The van der Waals surface area contributed by atoms with Gasteiger partial charge in [0, 0.05) is 0 Å². The molecule has 0 amide bonds. The van der Waals surface area contributed by atoms with E-state index >= 15 is 0 Å². The number of hydrogen-bond acceptors (Lipinski definition) is 4. The monoisotopic (exact) mass is 355 g/mol. The van der Waals surface area contributed by atoms with Crippen molar-refractivity contribution in [2.24, 2.45) is 0 Å². The lowest BCUT2D eigenvalue weighted by Gasteiger charge is -2.13. The van der Waals surface area contributed by atoms with Gasteiger partial charge in [-0.05, 0) is 35.0 Å². The summed E-state index contributed by atoms with van der Waals surface area (Å²) in [6, 6.07) is 0.552. The molecule has 0 aliphatic rings. The topological polar surface area (TPSA) is 92.7 Å². The zero-order chi connectivity index (χ0) is 14.8. The molecule has 0 heterocycles. The van der Waals surface area contributed by atoms with Crippen LogP contribution >= 0.6 is 15.9 Å². The second kappa shape index (κ2) is 5.85. The first-order valence-electron chi connectivity index (χ1n) is 4.97. The fraction of sp³-hybridized carbons (Fsp3) is 0.300. The Bertz CT molecular complexity index is 604. The second-order valence-corrected chi connectivity index (χ2v) is 6.14. The molecule has 0 bridgehead atoms. The molecular formula is C10H11BrFNO5S. The molecule has 106 valence electrons. The van der Waals surface area contributed by atoms with Crippen LogP contribution < -0.4 is 9.46 Å². The minimum Gasteiger partial charge on any atom is -0.495 e. The van der Waals surface area contributed by atoms with E-state index in [1.807, 2.05) is 4.72 Å². The van der Waals surface area contributed by atoms with Gasteiger partial charge >= 0.3 is 5.97 Å². The average Bonchev–Trinajstić information content (AvgIpc) is 2.31. The maximum absolute atomic E-state index is 13.4. The van der Waals surface area contributed by atoms with Gasteiger partial charge in [0.25, 0.3) is 0 Å². The number of carboxylic acids is 1. The molecule has 0 spiro atoms. The molecule has 2 N–H and O–H groups in total. The lowest BCUT2D eigenvalue weighted by molar-refractivity contribution is -0.138. The van der Waals surface area contributed by atoms with Gasteiger partial charge in [-0.15, -0.1) is 0 Å². The van der Waals surface area contributed by atoms with Gasteiger partial charge in [0.2, 0.25) is 10.0 Å². The average molecular weight is 356 g/mol. The minimum absolute atomic E-state index is 0.0367. The molecule has 9 heteroatoms. The smallest absolute Gasteiger partial charge is 0.321 e. The summed E-state index contributed by atoms with van der Waals surface area (Å²) in [6.45, 7) is 1.15. The molecule has 0 aliphatic carbocycles. The van der Waals surface area contributed by atoms with Gasteiger partial charge < -0.3 is 9.84 Å². The maximum Gasteiger partial charge on any atom is 0.321 e. The Morgan fingerprint density at radius 2 is 2.11 bits per heavy atom. The summed E-state index contributed by atoms with van der Waals surface area (Å²) in [4.78, 5) is 10.2. The van der Waals surface area contributed by atoms with E-state index in [-0.39, 0.29) is 10.2 Å². The molecule has 0 aromatic heterocycles. The van der Waals surface area contributed by atoms with Crippen LogP contribution in [-0.4, -0.2) is 32.6 Å². The summed E-state index contributed by atoms with van der Waals surface area (Å²) in [7, 11) is -2.98. The molecule has 1 unspecified atom stereocenters. The van der Waals surface area contributed by atoms with E-state index in [1.165, 1.54) is 7.11 Å². The SMILES string of the molecule is COc1cc(Br)c(F)cc1S(=O)(=O)NC(C)C(=O)O. The largest absolute Gasteiger partial charge is 0.495 e. The first-order valence-corrected chi connectivity index (χ1v) is 7.25. The number of halogens is 2. The summed E-state index contributed by atoms with van der Waals surface area (Å²) in [6.07, 6.45) is 0. The number of hydrogen-bond donors (Lipinski definition) is 2. The van der Waals surface area contributed by atoms with E-state index in [0.29, 0.717) is 0 Å². The van der Waals surface area contributed by atoms with Crippen LogP contribution in [0.5, 0.6) is 5.75 Å². The fourth-order valence-electron chi connectivity index (χ4n) is 1.23. The molecule has 1 rings (SSSR count). The molecule has 1 atom stereocenters. The summed E-state index contributed by atoms with van der Waals surface area (Å²) in [5.41, 5.74) is 0. The predicted molar refractivity (Wildman–Crippen MR) is 68.1 cm³/mol. The van der Waals surface area contributed by atoms with Crippen molar-refractivity contribution in [2.45, 2.75) is 17.9 Å². The van der Waals surface area contributed by atoms with Gasteiger partial charge in [-0.3, -0.25) is 4.79 Å². The Balaban J connectivity index is 3.28. The van der Waals surface area contributed by atoms with Crippen LogP contribution in [0.3, 0.4) is 0 Å². The highest BCUT2D eigenvalue weighted by atomic mass is 79.9. The lowest BCUT2D eigenvalue weighted by atomic mass is 10.3. The van der Waals surface area contributed by atoms with Gasteiger partial charge in [0.05, 0.1) is 11.6 Å². The lowest BCUT2D eigenvalue weighted by Crippen LogP contribution is -2.38. The Labute approximate surface area is 117 Å². The number of carbonyl (C=O) groups is 1. The van der Waals surface area contributed by atoms with Crippen molar-refractivity contribution in [1.82, 2.24) is 4.72 Å². The van der Waals surface area contributed by atoms with Gasteiger partial charge in [-0.25, -0.2) is 12.8 Å². The van der Waals surface area contributed by atoms with E-state index in [0.717, 1.165) is 19.1 Å². The van der Waals surface area contributed by atoms with E-state index < -0.39 is 32.7 Å². The van der Waals surface area contributed by atoms with Crippen LogP contribution in [0.2, 0.25) is 0 Å². The zero-order valence-corrected chi connectivity index (χ0v) is 12.4. The summed E-state index contributed by atoms with van der Waals surface area (Å²) in [5, 5.41) is 8.68. The van der Waals surface area contributed by atoms with E-state index in [2.05, 4.69) is 15.9 Å². The number of ether oxygens (including phenoxy) is 1. The third-order valence-electron chi connectivity index (χ3n) is 2.20. The molecular weight excluding hydrogens is 345 g/mol. The van der Waals surface area contributed by atoms with Gasteiger partial charge in [0.15, 0.2) is 0 Å². The number of nitrogens with one attached hydrogen (secondary N) is 1. The van der Waals surface area contributed by atoms with Gasteiger partial charge in [-0.1, -0.05) is 0 Å². The van der Waals surface area contributed by atoms with Crippen LogP contribution in [0.15, 0.2) is 21.5 Å². The minimum atomic E-state index is -4.20. The third-order valence-corrected chi connectivity index (χ3v) is 4.37. The highest BCUT2D eigenvalue weighted by Crippen LogP contribution is 2.29. The van der Waals surface area contributed by atoms with Crippen molar-refractivity contribution in [1.29, 1.82) is 0 Å². The molecule has 0 saturated carbocycles. The highest BCUT2D eigenvalue weighted by molar-refractivity contribution is 9.10. The van der Waals surface area contributed by atoms with Crippen molar-refractivity contribution in [3.63, 3.8) is 0 Å². The Kier molecular flexibility index (Phi) is 4.88. The molecule has 0 aliphatic heterocycles. The standard InChI is InChI=1S/C10H11BrFNO5S/c1-5(10(14)15)13-19(16,17)9-4-7(12)6(11)3-8(9)18-2/h3-5,13H,1-2H3,(H,14,15). The van der Waals surface area contributed by atoms with Crippen LogP contribution in [0.25, 0.3) is 0 Å². The quantitative estimate of drug-likeness (QED) is 0.831. The van der Waals surface area contributed by atoms with Crippen molar-refractivity contribution < 1.29 is 27.4 Å². The van der Waals surface area contributed by atoms with Crippen LogP contribution in [0.1, 0.15) is 6.92 Å². The van der Waals surface area contributed by atoms with E-state index in [4.69, 9.17) is 9.84 Å². The first-order chi connectivity index (χ1) is 8.69. The Morgan fingerprint density at radius 1 is 1.53 bits per heavy atom. The normalized spacial score (nSPS) is 13.1. The third kappa shape index (κ3) is 3.64. The molecule has 1 aromatic carbocycles. The van der Waals surface area contributed by atoms with Crippen molar-refractivity contribution >= 4 is 31.9 Å². The van der Waals surface area contributed by atoms with Crippen molar-refractivity contribution in [3.05, 3.63) is 22.4 Å². The molecule has 1 aromatic rings. The zero-order valence-electron chi connectivity index (χ0n) is 9.98. The van der Waals surface area contributed by atoms with Crippen molar-refractivity contribution in [2.75, 3.05) is 7.11 Å². The fourth-order valence-corrected chi connectivity index (χ4v) is 2.91. The molecule has 19 heavy (non-hydrogen) atoms. The number of benzene rings is 1. The summed E-state index contributed by atoms with van der Waals surface area (Å²) < 4.78 is 44.1. The second-order valence-electron chi connectivity index (χ2n) is 3.60. The van der Waals surface area contributed by atoms with Gasteiger partial charge in [0.1, 0.15) is 22.5 Å². The van der Waals surface area contributed by atoms with Gasteiger partial charge in [-0.2, -0.15) is 4.72 Å².